The number of aromatic hydroxyl groups is 1. The lowest BCUT2D eigenvalue weighted by molar-refractivity contribution is 0.112. The van der Waals surface area contributed by atoms with E-state index in [4.69, 9.17) is 9.52 Å². The van der Waals surface area contributed by atoms with E-state index in [1.807, 2.05) is 6.92 Å². The van der Waals surface area contributed by atoms with E-state index in [1.165, 1.54) is 12.1 Å². The molecule has 7 nitrogen and oxygen atoms in total. The highest BCUT2D eigenvalue weighted by Crippen LogP contribution is 2.31. The number of carbonyl (C=O) groups excluding carboxylic acids is 1. The van der Waals surface area contributed by atoms with Gasteiger partial charge in [0, 0.05) is 23.9 Å². The number of rotatable bonds is 5. The van der Waals surface area contributed by atoms with E-state index >= 15 is 0 Å². The van der Waals surface area contributed by atoms with Gasteiger partial charge in [-0.3, -0.25) is 4.79 Å². The number of hydrogen-bond acceptors (Lipinski definition) is 5. The third-order valence-corrected chi connectivity index (χ3v) is 3.51. The summed E-state index contributed by atoms with van der Waals surface area (Å²) < 4.78 is 5.04. The fraction of sp³-hybridized carbons (Fsp3) is 0.267. The molecule has 0 radical (unpaired) electrons. The van der Waals surface area contributed by atoms with Gasteiger partial charge in [-0.2, -0.15) is 0 Å². The van der Waals surface area contributed by atoms with Crippen molar-refractivity contribution in [1.29, 1.82) is 0 Å². The van der Waals surface area contributed by atoms with Gasteiger partial charge in [0.05, 0.1) is 5.56 Å². The Balaban J connectivity index is 2.65. The van der Waals surface area contributed by atoms with E-state index in [0.29, 0.717) is 23.7 Å². The fourth-order valence-electron chi connectivity index (χ4n) is 2.40. The van der Waals surface area contributed by atoms with Gasteiger partial charge in [-0.25, -0.2) is 9.59 Å². The first-order valence-corrected chi connectivity index (χ1v) is 6.69. The van der Waals surface area contributed by atoms with Crippen LogP contribution in [-0.2, 0) is 0 Å². The average Bonchev–Trinajstić information content (AvgIpc) is 2.47. The SMILES string of the molecule is CCC(CNC(=O)O)c1cc(=O)oc2c(C=O)c(O)ccc12. The maximum Gasteiger partial charge on any atom is 0.404 e. The van der Waals surface area contributed by atoms with Crippen LogP contribution in [0.1, 0.15) is 35.2 Å². The van der Waals surface area contributed by atoms with Crippen molar-refractivity contribution in [2.45, 2.75) is 19.3 Å². The van der Waals surface area contributed by atoms with Crippen LogP contribution in [0.15, 0.2) is 27.4 Å². The van der Waals surface area contributed by atoms with E-state index in [9.17, 15) is 19.5 Å². The first-order chi connectivity index (χ1) is 10.5. The van der Waals surface area contributed by atoms with Gasteiger partial charge in [-0.1, -0.05) is 6.92 Å². The molecule has 2 rings (SSSR count). The van der Waals surface area contributed by atoms with E-state index in [0.717, 1.165) is 0 Å². The van der Waals surface area contributed by atoms with Crippen LogP contribution in [0.2, 0.25) is 0 Å². The van der Waals surface area contributed by atoms with E-state index < -0.39 is 11.7 Å². The molecule has 1 aromatic carbocycles. The summed E-state index contributed by atoms with van der Waals surface area (Å²) in [5, 5.41) is 21.2. The number of amides is 1. The number of carbonyl (C=O) groups is 2. The highest BCUT2D eigenvalue weighted by Gasteiger charge is 2.19. The van der Waals surface area contributed by atoms with Crippen LogP contribution in [0.4, 0.5) is 4.79 Å². The molecule has 1 amide bonds. The number of aldehydes is 1. The average molecular weight is 305 g/mol. The summed E-state index contributed by atoms with van der Waals surface area (Å²) in [4.78, 5) is 33.5. The Labute approximate surface area is 125 Å². The van der Waals surface area contributed by atoms with Gasteiger partial charge in [0.25, 0.3) is 0 Å². The standard InChI is InChI=1S/C15H15NO6/c1-2-8(6-16-15(20)21)10-5-13(19)22-14-9(10)3-4-12(18)11(14)7-17/h3-5,7-8,16,18H,2,6H2,1H3,(H,20,21). The molecule has 3 N–H and O–H groups in total. The number of phenolic OH excluding ortho intramolecular Hbond substituents is 1. The van der Waals surface area contributed by atoms with Gasteiger partial charge in [0.15, 0.2) is 11.9 Å². The second kappa shape index (κ2) is 6.30. The van der Waals surface area contributed by atoms with Crippen molar-refractivity contribution >= 4 is 23.3 Å². The lowest BCUT2D eigenvalue weighted by Gasteiger charge is -2.17. The van der Waals surface area contributed by atoms with Crippen molar-refractivity contribution in [2.24, 2.45) is 0 Å². The molecule has 1 atom stereocenters. The Morgan fingerprint density at radius 1 is 1.45 bits per heavy atom. The second-order valence-electron chi connectivity index (χ2n) is 4.80. The quantitative estimate of drug-likeness (QED) is 0.575. The lowest BCUT2D eigenvalue weighted by atomic mass is 9.93. The highest BCUT2D eigenvalue weighted by atomic mass is 16.4. The van der Waals surface area contributed by atoms with Gasteiger partial charge in [0.1, 0.15) is 5.75 Å². The number of fused-ring (bicyclic) bond motifs is 1. The summed E-state index contributed by atoms with van der Waals surface area (Å²) in [6.45, 7) is 1.98. The van der Waals surface area contributed by atoms with Crippen molar-refractivity contribution in [3.63, 3.8) is 0 Å². The molecule has 0 saturated heterocycles. The third kappa shape index (κ3) is 2.93. The molecule has 1 unspecified atom stereocenters. The highest BCUT2D eigenvalue weighted by molar-refractivity contribution is 5.98. The lowest BCUT2D eigenvalue weighted by Crippen LogP contribution is -2.27. The molecule has 116 valence electrons. The molecule has 0 aliphatic heterocycles. The van der Waals surface area contributed by atoms with Crippen LogP contribution in [0.3, 0.4) is 0 Å². The van der Waals surface area contributed by atoms with Gasteiger partial charge < -0.3 is 19.9 Å². The molecule has 0 spiro atoms. The van der Waals surface area contributed by atoms with Crippen molar-refractivity contribution in [3.8, 4) is 5.75 Å². The van der Waals surface area contributed by atoms with Crippen molar-refractivity contribution < 1.29 is 24.2 Å². The van der Waals surface area contributed by atoms with E-state index in [1.54, 1.807) is 6.07 Å². The number of benzene rings is 1. The maximum absolute atomic E-state index is 11.7. The molecule has 2 aromatic rings. The predicted octanol–water partition coefficient (Wildman–Crippen LogP) is 2.07. The normalized spacial score (nSPS) is 12.0. The Morgan fingerprint density at radius 3 is 2.77 bits per heavy atom. The van der Waals surface area contributed by atoms with Crippen LogP contribution in [0.25, 0.3) is 11.0 Å². The van der Waals surface area contributed by atoms with Crippen LogP contribution in [0, 0.1) is 0 Å². The van der Waals surface area contributed by atoms with Gasteiger partial charge in [0.2, 0.25) is 0 Å². The molecule has 0 saturated carbocycles. The molecule has 1 aromatic heterocycles. The fourth-order valence-corrected chi connectivity index (χ4v) is 2.40. The predicted molar refractivity (Wildman–Crippen MR) is 78.6 cm³/mol. The van der Waals surface area contributed by atoms with Crippen molar-refractivity contribution in [1.82, 2.24) is 5.32 Å². The smallest absolute Gasteiger partial charge is 0.404 e. The number of hydrogen-bond donors (Lipinski definition) is 3. The summed E-state index contributed by atoms with van der Waals surface area (Å²) in [5.41, 5.74) is -0.181. The summed E-state index contributed by atoms with van der Waals surface area (Å²) in [7, 11) is 0. The minimum Gasteiger partial charge on any atom is -0.507 e. The molecule has 7 heteroatoms. The maximum atomic E-state index is 11.7. The van der Waals surface area contributed by atoms with Crippen LogP contribution >= 0.6 is 0 Å². The van der Waals surface area contributed by atoms with E-state index in [-0.39, 0.29) is 29.4 Å². The minimum atomic E-state index is -1.16. The molecular formula is C15H15NO6. The molecule has 0 aliphatic rings. The van der Waals surface area contributed by atoms with Crippen LogP contribution < -0.4 is 10.9 Å². The zero-order valence-electron chi connectivity index (χ0n) is 11.8. The molecule has 0 fully saturated rings. The summed E-state index contributed by atoms with van der Waals surface area (Å²) >= 11 is 0. The van der Waals surface area contributed by atoms with Crippen molar-refractivity contribution in [2.75, 3.05) is 6.54 Å². The number of phenols is 1. The zero-order chi connectivity index (χ0) is 16.3. The summed E-state index contributed by atoms with van der Waals surface area (Å²) in [5.74, 6) is -0.536. The Morgan fingerprint density at radius 2 is 2.18 bits per heavy atom. The third-order valence-electron chi connectivity index (χ3n) is 3.51. The molecular weight excluding hydrogens is 290 g/mol. The Hall–Kier alpha value is -2.83. The van der Waals surface area contributed by atoms with E-state index in [2.05, 4.69) is 5.32 Å². The number of nitrogens with one attached hydrogen (secondary N) is 1. The Kier molecular flexibility index (Phi) is 4.45. The summed E-state index contributed by atoms with van der Waals surface area (Å²) in [6, 6.07) is 4.16. The van der Waals surface area contributed by atoms with Crippen LogP contribution in [-0.4, -0.2) is 29.1 Å². The number of carboxylic acid groups (broad SMARTS) is 1. The van der Waals surface area contributed by atoms with Gasteiger partial charge in [-0.15, -0.1) is 0 Å². The van der Waals surface area contributed by atoms with Crippen molar-refractivity contribution in [3.05, 3.63) is 39.7 Å². The van der Waals surface area contributed by atoms with Gasteiger partial charge in [-0.05, 0) is 24.1 Å². The molecule has 0 aliphatic carbocycles. The Bertz CT molecular complexity index is 779. The largest absolute Gasteiger partial charge is 0.507 e. The topological polar surface area (TPSA) is 117 Å². The first kappa shape index (κ1) is 15.6. The minimum absolute atomic E-state index is 0.00581. The molecule has 22 heavy (non-hydrogen) atoms. The monoisotopic (exact) mass is 305 g/mol. The van der Waals surface area contributed by atoms with Gasteiger partial charge >= 0.3 is 11.7 Å². The zero-order valence-corrected chi connectivity index (χ0v) is 11.8. The molecule has 0 bridgehead atoms. The molecule has 1 heterocycles. The van der Waals surface area contributed by atoms with Crippen LogP contribution in [0.5, 0.6) is 5.75 Å². The summed E-state index contributed by atoms with van der Waals surface area (Å²) in [6.07, 6.45) is -0.159. The first-order valence-electron chi connectivity index (χ1n) is 6.69. The second-order valence-corrected chi connectivity index (χ2v) is 4.80.